The minimum atomic E-state index is -0.325. The molecule has 8 nitrogen and oxygen atoms in total. The molecule has 0 unspecified atom stereocenters. The van der Waals surface area contributed by atoms with Crippen molar-refractivity contribution in [2.45, 2.75) is 26.4 Å². The van der Waals surface area contributed by atoms with E-state index in [0.717, 1.165) is 17.5 Å². The molecule has 0 bridgehead atoms. The molecule has 0 spiro atoms. The van der Waals surface area contributed by atoms with Crippen molar-refractivity contribution in [1.82, 2.24) is 19.1 Å². The van der Waals surface area contributed by atoms with Crippen LogP contribution in [0, 0.1) is 0 Å². The van der Waals surface area contributed by atoms with Crippen LogP contribution in [-0.2, 0) is 22.6 Å². The van der Waals surface area contributed by atoms with E-state index in [-0.39, 0.29) is 18.0 Å². The highest BCUT2D eigenvalue weighted by molar-refractivity contribution is 5.92. The van der Waals surface area contributed by atoms with Gasteiger partial charge in [0, 0.05) is 19.8 Å². The Morgan fingerprint density at radius 3 is 2.50 bits per heavy atom. The number of nitrogens with one attached hydrogen (secondary N) is 1. The van der Waals surface area contributed by atoms with Crippen LogP contribution in [0.1, 0.15) is 13.3 Å². The molecule has 1 amide bonds. The summed E-state index contributed by atoms with van der Waals surface area (Å²) in [5.41, 5.74) is 2.69. The van der Waals surface area contributed by atoms with Crippen LogP contribution in [0.3, 0.4) is 0 Å². The monoisotopic (exact) mass is 405 g/mol. The first-order valence-electron chi connectivity index (χ1n) is 9.95. The molecular weight excluding hydrogens is 382 g/mol. The van der Waals surface area contributed by atoms with Crippen LogP contribution in [0.5, 0.6) is 0 Å². The van der Waals surface area contributed by atoms with Crippen molar-refractivity contribution in [3.8, 4) is 0 Å². The van der Waals surface area contributed by atoms with Crippen molar-refractivity contribution in [2.75, 3.05) is 18.5 Å². The quantitative estimate of drug-likeness (QED) is 0.455. The van der Waals surface area contributed by atoms with Gasteiger partial charge in [0.1, 0.15) is 6.54 Å². The maximum Gasteiger partial charge on any atom is 0.269 e. The molecule has 0 fully saturated rings. The van der Waals surface area contributed by atoms with Gasteiger partial charge in [0.15, 0.2) is 0 Å². The standard InChI is InChI=1S/C22H23N5O3/c1-2-30-13-7-12-26-19-11-6-4-9-17(19)24-22(26)25-20(28)15-27-18-10-5-3-8-16(18)23-14-21(27)29/h3-6,8-11,14H,2,7,12-13,15H2,1H3,(H,24,25,28). The second kappa shape index (κ2) is 8.87. The summed E-state index contributed by atoms with van der Waals surface area (Å²) in [5, 5.41) is 2.87. The Hall–Kier alpha value is -3.52. The van der Waals surface area contributed by atoms with Crippen LogP contribution >= 0.6 is 0 Å². The topological polar surface area (TPSA) is 91.0 Å². The van der Waals surface area contributed by atoms with Crippen LogP contribution in [0.15, 0.2) is 59.5 Å². The van der Waals surface area contributed by atoms with E-state index in [1.54, 1.807) is 12.1 Å². The number of aromatic nitrogens is 4. The van der Waals surface area contributed by atoms with Gasteiger partial charge in [-0.1, -0.05) is 24.3 Å². The van der Waals surface area contributed by atoms with Gasteiger partial charge in [0.25, 0.3) is 5.56 Å². The summed E-state index contributed by atoms with van der Waals surface area (Å²) in [6, 6.07) is 15.0. The molecule has 0 aliphatic rings. The van der Waals surface area contributed by atoms with Gasteiger partial charge in [-0.05, 0) is 37.6 Å². The minimum Gasteiger partial charge on any atom is -0.382 e. The third-order valence-corrected chi connectivity index (χ3v) is 4.83. The molecule has 0 aliphatic carbocycles. The van der Waals surface area contributed by atoms with E-state index in [4.69, 9.17) is 4.74 Å². The van der Waals surface area contributed by atoms with Gasteiger partial charge < -0.3 is 9.30 Å². The summed E-state index contributed by atoms with van der Waals surface area (Å²) in [7, 11) is 0. The number of nitrogens with zero attached hydrogens (tertiary/aromatic N) is 4. The molecule has 8 heteroatoms. The summed E-state index contributed by atoms with van der Waals surface area (Å²) in [4.78, 5) is 33.8. The van der Waals surface area contributed by atoms with Gasteiger partial charge in [-0.25, -0.2) is 9.97 Å². The number of imidazole rings is 1. The number of hydrogen-bond donors (Lipinski definition) is 1. The molecule has 1 N–H and O–H groups in total. The van der Waals surface area contributed by atoms with Gasteiger partial charge in [0.05, 0.1) is 28.3 Å². The summed E-state index contributed by atoms with van der Waals surface area (Å²) >= 11 is 0. The first-order valence-corrected chi connectivity index (χ1v) is 9.95. The first kappa shape index (κ1) is 19.8. The highest BCUT2D eigenvalue weighted by Gasteiger charge is 2.15. The summed E-state index contributed by atoms with van der Waals surface area (Å²) in [5.74, 6) is 0.138. The van der Waals surface area contributed by atoms with Crippen LogP contribution in [0.4, 0.5) is 5.95 Å². The Bertz CT molecular complexity index is 1240. The maximum atomic E-state index is 12.8. The minimum absolute atomic E-state index is 0.121. The summed E-state index contributed by atoms with van der Waals surface area (Å²) in [6.07, 6.45) is 2.03. The molecule has 154 valence electrons. The normalized spacial score (nSPS) is 11.2. The molecule has 0 saturated carbocycles. The van der Waals surface area contributed by atoms with Crippen molar-refractivity contribution >= 4 is 33.9 Å². The first-order chi connectivity index (χ1) is 14.7. The number of aryl methyl sites for hydroxylation is 1. The molecule has 2 aromatic carbocycles. The average molecular weight is 405 g/mol. The van der Waals surface area contributed by atoms with E-state index < -0.39 is 0 Å². The van der Waals surface area contributed by atoms with Gasteiger partial charge in [0.2, 0.25) is 11.9 Å². The van der Waals surface area contributed by atoms with Gasteiger partial charge in [-0.2, -0.15) is 0 Å². The molecular formula is C22H23N5O3. The highest BCUT2D eigenvalue weighted by atomic mass is 16.5. The number of para-hydroxylation sites is 4. The predicted octanol–water partition coefficient (Wildman–Crippen LogP) is 2.81. The Labute approximate surface area is 173 Å². The average Bonchev–Trinajstić information content (AvgIpc) is 3.10. The van der Waals surface area contributed by atoms with Crippen molar-refractivity contribution < 1.29 is 9.53 Å². The fraction of sp³-hybridized carbons (Fsp3) is 0.273. The second-order valence-corrected chi connectivity index (χ2v) is 6.85. The largest absolute Gasteiger partial charge is 0.382 e. The lowest BCUT2D eigenvalue weighted by atomic mass is 10.3. The van der Waals surface area contributed by atoms with Crippen LogP contribution < -0.4 is 10.9 Å². The van der Waals surface area contributed by atoms with E-state index in [1.807, 2.05) is 47.9 Å². The van der Waals surface area contributed by atoms with Crippen molar-refractivity contribution in [3.05, 3.63) is 65.1 Å². The number of ether oxygens (including phenoxy) is 1. The fourth-order valence-electron chi connectivity index (χ4n) is 3.45. The van der Waals surface area contributed by atoms with E-state index in [9.17, 15) is 9.59 Å². The molecule has 2 aromatic heterocycles. The SMILES string of the molecule is CCOCCCn1c(NC(=O)Cn2c(=O)cnc3ccccc32)nc2ccccc21. The van der Waals surface area contributed by atoms with Crippen LogP contribution in [0.2, 0.25) is 0 Å². The summed E-state index contributed by atoms with van der Waals surface area (Å²) < 4.78 is 8.82. The number of fused-ring (bicyclic) bond motifs is 2. The molecule has 0 atom stereocenters. The lowest BCUT2D eigenvalue weighted by Gasteiger charge is -2.12. The Balaban J connectivity index is 1.59. The lowest BCUT2D eigenvalue weighted by Crippen LogP contribution is -2.28. The van der Waals surface area contributed by atoms with E-state index in [0.29, 0.717) is 36.7 Å². The zero-order chi connectivity index (χ0) is 20.9. The van der Waals surface area contributed by atoms with E-state index in [1.165, 1.54) is 10.8 Å². The maximum absolute atomic E-state index is 12.8. The van der Waals surface area contributed by atoms with Gasteiger partial charge in [-0.15, -0.1) is 0 Å². The van der Waals surface area contributed by atoms with Gasteiger partial charge in [-0.3, -0.25) is 19.5 Å². The Kier molecular flexibility index (Phi) is 5.85. The third kappa shape index (κ3) is 4.08. The molecule has 0 aliphatic heterocycles. The number of amides is 1. The number of carbonyl (C=O) groups excluding carboxylic acids is 1. The molecule has 30 heavy (non-hydrogen) atoms. The van der Waals surface area contributed by atoms with E-state index >= 15 is 0 Å². The van der Waals surface area contributed by atoms with Crippen molar-refractivity contribution in [3.63, 3.8) is 0 Å². The molecule has 2 heterocycles. The third-order valence-electron chi connectivity index (χ3n) is 4.83. The van der Waals surface area contributed by atoms with E-state index in [2.05, 4.69) is 15.3 Å². The molecule has 4 rings (SSSR count). The van der Waals surface area contributed by atoms with Crippen molar-refractivity contribution in [2.24, 2.45) is 0 Å². The molecule has 0 radical (unpaired) electrons. The van der Waals surface area contributed by atoms with Gasteiger partial charge >= 0.3 is 0 Å². The number of hydrogen-bond acceptors (Lipinski definition) is 5. The summed E-state index contributed by atoms with van der Waals surface area (Å²) in [6.45, 7) is 3.80. The zero-order valence-electron chi connectivity index (χ0n) is 16.7. The predicted molar refractivity (Wildman–Crippen MR) is 115 cm³/mol. The lowest BCUT2D eigenvalue weighted by molar-refractivity contribution is -0.116. The highest BCUT2D eigenvalue weighted by Crippen LogP contribution is 2.20. The van der Waals surface area contributed by atoms with Crippen LogP contribution in [0.25, 0.3) is 22.1 Å². The molecule has 0 saturated heterocycles. The zero-order valence-corrected chi connectivity index (χ0v) is 16.7. The molecule has 4 aromatic rings. The number of rotatable bonds is 8. The van der Waals surface area contributed by atoms with Crippen molar-refractivity contribution in [1.29, 1.82) is 0 Å². The number of carbonyl (C=O) groups is 1. The Morgan fingerprint density at radius 1 is 1.03 bits per heavy atom. The smallest absolute Gasteiger partial charge is 0.269 e. The number of benzene rings is 2. The number of anilines is 1. The second-order valence-electron chi connectivity index (χ2n) is 6.85. The van der Waals surface area contributed by atoms with Crippen LogP contribution in [-0.4, -0.2) is 38.2 Å². The Morgan fingerprint density at radius 2 is 1.73 bits per heavy atom. The fourth-order valence-corrected chi connectivity index (χ4v) is 3.45.